The van der Waals surface area contributed by atoms with Crippen LogP contribution in [0, 0.1) is 12.8 Å². The molecule has 92 valence electrons. The van der Waals surface area contributed by atoms with E-state index in [4.69, 9.17) is 5.73 Å². The van der Waals surface area contributed by atoms with Gasteiger partial charge in [-0.2, -0.15) is 0 Å². The Bertz CT molecular complexity index is 409. The van der Waals surface area contributed by atoms with Gasteiger partial charge in [0.15, 0.2) is 0 Å². The Hall–Kier alpha value is -1.42. The molecule has 4 nitrogen and oxygen atoms in total. The number of aromatic nitrogens is 1. The summed E-state index contributed by atoms with van der Waals surface area (Å²) in [7, 11) is 0. The van der Waals surface area contributed by atoms with Crippen LogP contribution in [0.3, 0.4) is 0 Å². The average molecular weight is 233 g/mol. The molecular formula is C13H19N3O. The molecule has 1 aliphatic rings. The van der Waals surface area contributed by atoms with Gasteiger partial charge in [-0.15, -0.1) is 0 Å². The van der Waals surface area contributed by atoms with Crippen LogP contribution in [-0.2, 0) is 0 Å². The fourth-order valence-electron chi connectivity index (χ4n) is 2.43. The first-order chi connectivity index (χ1) is 8.06. The van der Waals surface area contributed by atoms with Crippen LogP contribution in [0.5, 0.6) is 0 Å². The van der Waals surface area contributed by atoms with Crippen LogP contribution in [0.25, 0.3) is 0 Å². The largest absolute Gasteiger partial charge is 0.337 e. The Kier molecular flexibility index (Phi) is 3.43. The molecule has 0 aromatic carbocycles. The molecule has 1 aromatic heterocycles. The predicted molar refractivity (Wildman–Crippen MR) is 66.6 cm³/mol. The average Bonchev–Trinajstić information content (AvgIpc) is 2.26. The van der Waals surface area contributed by atoms with Gasteiger partial charge in [0.05, 0.1) is 0 Å². The monoisotopic (exact) mass is 233 g/mol. The number of hydrogen-bond acceptors (Lipinski definition) is 3. The number of rotatable bonds is 1. The molecule has 0 spiro atoms. The van der Waals surface area contributed by atoms with Crippen molar-refractivity contribution in [2.75, 3.05) is 13.1 Å². The van der Waals surface area contributed by atoms with E-state index in [0.29, 0.717) is 18.0 Å². The lowest BCUT2D eigenvalue weighted by Gasteiger charge is -2.34. The molecule has 1 fully saturated rings. The highest BCUT2D eigenvalue weighted by molar-refractivity contribution is 5.94. The number of carbonyl (C=O) groups is 1. The van der Waals surface area contributed by atoms with E-state index in [1.54, 1.807) is 12.3 Å². The first-order valence-electron chi connectivity index (χ1n) is 6.04. The molecule has 17 heavy (non-hydrogen) atoms. The summed E-state index contributed by atoms with van der Waals surface area (Å²) in [6, 6.07) is 3.69. The van der Waals surface area contributed by atoms with Crippen molar-refractivity contribution in [3.8, 4) is 0 Å². The van der Waals surface area contributed by atoms with Crippen LogP contribution in [0.15, 0.2) is 18.3 Å². The van der Waals surface area contributed by atoms with Gasteiger partial charge < -0.3 is 10.6 Å². The molecule has 2 N–H and O–H groups in total. The van der Waals surface area contributed by atoms with E-state index in [1.807, 2.05) is 17.9 Å². The maximum absolute atomic E-state index is 12.3. The van der Waals surface area contributed by atoms with Crippen molar-refractivity contribution in [1.29, 1.82) is 0 Å². The number of pyridine rings is 1. The van der Waals surface area contributed by atoms with Gasteiger partial charge in [0.2, 0.25) is 0 Å². The highest BCUT2D eigenvalue weighted by Crippen LogP contribution is 2.17. The summed E-state index contributed by atoms with van der Waals surface area (Å²) in [5.74, 6) is 0.545. The number of hydrogen-bond donors (Lipinski definition) is 1. The third kappa shape index (κ3) is 2.82. The van der Waals surface area contributed by atoms with Crippen molar-refractivity contribution >= 4 is 5.91 Å². The molecule has 1 aromatic rings. The van der Waals surface area contributed by atoms with Gasteiger partial charge in [0.25, 0.3) is 5.91 Å². The second-order valence-corrected chi connectivity index (χ2v) is 5.00. The van der Waals surface area contributed by atoms with Crippen LogP contribution < -0.4 is 5.73 Å². The van der Waals surface area contributed by atoms with Crippen molar-refractivity contribution in [1.82, 2.24) is 9.88 Å². The normalized spacial score (nSPS) is 24.8. The Morgan fingerprint density at radius 3 is 2.94 bits per heavy atom. The lowest BCUT2D eigenvalue weighted by Crippen LogP contribution is -2.48. The van der Waals surface area contributed by atoms with E-state index in [2.05, 4.69) is 11.9 Å². The van der Waals surface area contributed by atoms with E-state index in [9.17, 15) is 4.79 Å². The summed E-state index contributed by atoms with van der Waals surface area (Å²) >= 11 is 0. The Balaban J connectivity index is 2.14. The number of nitrogens with two attached hydrogens (primary N) is 1. The first-order valence-corrected chi connectivity index (χ1v) is 6.04. The molecule has 2 rings (SSSR count). The summed E-state index contributed by atoms with van der Waals surface area (Å²) < 4.78 is 0. The summed E-state index contributed by atoms with van der Waals surface area (Å²) in [6.07, 6.45) is 2.68. The minimum atomic E-state index is 0.0671. The molecule has 2 unspecified atom stereocenters. The molecule has 0 saturated carbocycles. The topological polar surface area (TPSA) is 59.2 Å². The molecule has 1 saturated heterocycles. The summed E-state index contributed by atoms with van der Waals surface area (Å²) in [4.78, 5) is 18.2. The Morgan fingerprint density at radius 2 is 2.29 bits per heavy atom. The Labute approximate surface area is 102 Å². The highest BCUT2D eigenvalue weighted by Gasteiger charge is 2.26. The standard InChI is InChI=1S/C13H19N3O/c1-9-5-12(14)8-16(7-9)13(17)11-3-4-15-10(2)6-11/h3-4,6,9,12H,5,7-8,14H2,1-2H3. The molecule has 0 radical (unpaired) electrons. The smallest absolute Gasteiger partial charge is 0.254 e. The van der Waals surface area contributed by atoms with Gasteiger partial charge in [-0.05, 0) is 31.4 Å². The van der Waals surface area contributed by atoms with Gasteiger partial charge in [0.1, 0.15) is 0 Å². The molecule has 2 atom stereocenters. The molecule has 2 heterocycles. The van der Waals surface area contributed by atoms with Gasteiger partial charge in [-0.3, -0.25) is 9.78 Å². The summed E-state index contributed by atoms with van der Waals surface area (Å²) in [5, 5.41) is 0. The fraction of sp³-hybridized carbons (Fsp3) is 0.538. The summed E-state index contributed by atoms with van der Waals surface area (Å²) in [5.41, 5.74) is 7.53. The van der Waals surface area contributed by atoms with Crippen LogP contribution in [0.1, 0.15) is 29.4 Å². The third-order valence-electron chi connectivity index (χ3n) is 3.12. The Morgan fingerprint density at radius 1 is 1.53 bits per heavy atom. The second kappa shape index (κ2) is 4.84. The zero-order valence-electron chi connectivity index (χ0n) is 10.4. The lowest BCUT2D eigenvalue weighted by molar-refractivity contribution is 0.0661. The first kappa shape index (κ1) is 12.0. The lowest BCUT2D eigenvalue weighted by atomic mass is 9.96. The van der Waals surface area contributed by atoms with Crippen molar-refractivity contribution in [3.63, 3.8) is 0 Å². The van der Waals surface area contributed by atoms with Crippen molar-refractivity contribution < 1.29 is 4.79 Å². The number of likely N-dealkylation sites (tertiary alicyclic amines) is 1. The van der Waals surface area contributed by atoms with Gasteiger partial charge in [0, 0.05) is 36.6 Å². The third-order valence-corrected chi connectivity index (χ3v) is 3.12. The van der Waals surface area contributed by atoms with Crippen molar-refractivity contribution in [3.05, 3.63) is 29.6 Å². The molecule has 4 heteroatoms. The van der Waals surface area contributed by atoms with Crippen molar-refractivity contribution in [2.45, 2.75) is 26.3 Å². The SMILES string of the molecule is Cc1cc(C(=O)N2CC(C)CC(N)C2)ccn1. The fourth-order valence-corrected chi connectivity index (χ4v) is 2.43. The van der Waals surface area contributed by atoms with E-state index < -0.39 is 0 Å². The van der Waals surface area contributed by atoms with Gasteiger partial charge >= 0.3 is 0 Å². The molecule has 0 aliphatic carbocycles. The molecule has 0 bridgehead atoms. The van der Waals surface area contributed by atoms with E-state index in [1.165, 1.54) is 0 Å². The number of aryl methyl sites for hydroxylation is 1. The minimum Gasteiger partial charge on any atom is -0.337 e. The van der Waals surface area contributed by atoms with Crippen LogP contribution in [0.2, 0.25) is 0 Å². The second-order valence-electron chi connectivity index (χ2n) is 5.00. The van der Waals surface area contributed by atoms with Crippen LogP contribution in [-0.4, -0.2) is 34.9 Å². The maximum atomic E-state index is 12.3. The minimum absolute atomic E-state index is 0.0671. The number of amides is 1. The van der Waals surface area contributed by atoms with Gasteiger partial charge in [-0.1, -0.05) is 6.92 Å². The maximum Gasteiger partial charge on any atom is 0.254 e. The number of carbonyl (C=O) groups excluding carboxylic acids is 1. The van der Waals surface area contributed by atoms with E-state index in [-0.39, 0.29) is 11.9 Å². The zero-order valence-corrected chi connectivity index (χ0v) is 10.4. The van der Waals surface area contributed by atoms with Crippen LogP contribution >= 0.6 is 0 Å². The molecule has 1 amide bonds. The number of nitrogens with zero attached hydrogens (tertiary/aromatic N) is 2. The summed E-state index contributed by atoms with van der Waals surface area (Å²) in [6.45, 7) is 5.48. The quantitative estimate of drug-likeness (QED) is 0.793. The highest BCUT2D eigenvalue weighted by atomic mass is 16.2. The molecule has 1 aliphatic heterocycles. The van der Waals surface area contributed by atoms with Gasteiger partial charge in [-0.25, -0.2) is 0 Å². The van der Waals surface area contributed by atoms with Crippen LogP contribution in [0.4, 0.5) is 0 Å². The predicted octanol–water partition coefficient (Wildman–Crippen LogP) is 1.20. The van der Waals surface area contributed by atoms with Crippen molar-refractivity contribution in [2.24, 2.45) is 11.7 Å². The van der Waals surface area contributed by atoms with E-state index in [0.717, 1.165) is 18.7 Å². The molecular weight excluding hydrogens is 214 g/mol. The van der Waals surface area contributed by atoms with E-state index >= 15 is 0 Å². The number of piperidine rings is 1. The zero-order chi connectivity index (χ0) is 12.4.